The summed E-state index contributed by atoms with van der Waals surface area (Å²) in [4.78, 5) is 28.0. The first-order valence-corrected chi connectivity index (χ1v) is 12.9. The van der Waals surface area contributed by atoms with Crippen molar-refractivity contribution in [1.29, 1.82) is 0 Å². The van der Waals surface area contributed by atoms with Crippen molar-refractivity contribution in [3.05, 3.63) is 117 Å². The number of nitrogen functional groups attached to an aromatic ring is 1. The largest absolute Gasteiger partial charge is 0.478 e. The van der Waals surface area contributed by atoms with Crippen LogP contribution < -0.4 is 15.2 Å². The van der Waals surface area contributed by atoms with Gasteiger partial charge in [-0.3, -0.25) is 20.1 Å². The smallest absolute Gasteiger partial charge is 0.270 e. The van der Waals surface area contributed by atoms with Crippen molar-refractivity contribution in [3.8, 4) is 11.8 Å². The molecule has 10 heteroatoms. The van der Waals surface area contributed by atoms with Gasteiger partial charge in [-0.25, -0.2) is 9.97 Å². The van der Waals surface area contributed by atoms with E-state index in [2.05, 4.69) is 20.0 Å². The third-order valence-corrected chi connectivity index (χ3v) is 6.37. The normalized spacial score (nSPS) is 12.8. The fourth-order valence-electron chi connectivity index (χ4n) is 4.49. The van der Waals surface area contributed by atoms with Crippen LogP contribution in [0.2, 0.25) is 0 Å². The quantitative estimate of drug-likeness (QED) is 0.196. The van der Waals surface area contributed by atoms with E-state index in [0.29, 0.717) is 38.1 Å². The summed E-state index contributed by atoms with van der Waals surface area (Å²) in [5.41, 5.74) is 14.3. The highest BCUT2D eigenvalue weighted by Gasteiger charge is 2.21. The fourth-order valence-corrected chi connectivity index (χ4v) is 4.49. The van der Waals surface area contributed by atoms with E-state index < -0.39 is 4.92 Å². The van der Waals surface area contributed by atoms with Gasteiger partial charge in [-0.05, 0) is 55.3 Å². The summed E-state index contributed by atoms with van der Waals surface area (Å²) in [6.45, 7) is 6.25. The summed E-state index contributed by atoms with van der Waals surface area (Å²) in [6, 6.07) is 18.2. The summed E-state index contributed by atoms with van der Waals surface area (Å²) in [5.74, 6) is 1.19. The molecule has 0 spiro atoms. The van der Waals surface area contributed by atoms with Crippen molar-refractivity contribution in [2.75, 3.05) is 18.9 Å². The Morgan fingerprint density at radius 1 is 0.775 bits per heavy atom. The molecule has 0 unspecified atom stereocenters. The molecule has 0 saturated carbocycles. The van der Waals surface area contributed by atoms with Gasteiger partial charge in [0, 0.05) is 64.6 Å². The summed E-state index contributed by atoms with van der Waals surface area (Å²) < 4.78 is 10.6. The van der Waals surface area contributed by atoms with Crippen molar-refractivity contribution < 1.29 is 14.4 Å². The Morgan fingerprint density at radius 3 is 1.77 bits per heavy atom. The molecule has 0 radical (unpaired) electrons. The Balaban J connectivity index is 0.000000162. The number of rotatable bonds is 7. The number of benzene rings is 2. The number of fused-ring (bicyclic) bond motifs is 2. The molecule has 40 heavy (non-hydrogen) atoms. The van der Waals surface area contributed by atoms with E-state index in [0.717, 1.165) is 44.9 Å². The van der Waals surface area contributed by atoms with Gasteiger partial charge in [0.05, 0.1) is 42.6 Å². The van der Waals surface area contributed by atoms with Crippen molar-refractivity contribution in [1.82, 2.24) is 9.97 Å². The molecule has 10 nitrogen and oxygen atoms in total. The molecule has 0 aliphatic carbocycles. The Morgan fingerprint density at radius 2 is 1.30 bits per heavy atom. The highest BCUT2D eigenvalue weighted by atomic mass is 16.6. The summed E-state index contributed by atoms with van der Waals surface area (Å²) in [7, 11) is 0. The zero-order chi connectivity index (χ0) is 28.1. The van der Waals surface area contributed by atoms with Crippen LogP contribution in [-0.4, -0.2) is 39.5 Å². The minimum Gasteiger partial charge on any atom is -0.478 e. The molecule has 0 bridgehead atoms. The standard InChI is InChI=1S/C15H13N3O3.C15H15N3O/c1-2-21-14-6-4-11(9-16-14)15-13-7-12(18(19)20)5-3-10(13)8-17-15;1-2-19-14-6-4-11(9-17-14)15-13-7-12(16)5-3-10(13)8-18-15/h3-7,9H,2,8H2,1H3;3-7,9H,2,8,16H2,1H3. The van der Waals surface area contributed by atoms with Gasteiger partial charge < -0.3 is 15.2 Å². The lowest BCUT2D eigenvalue weighted by Crippen LogP contribution is -2.03. The SMILES string of the molecule is CCOc1ccc(C2=NCc3ccc(N)cc32)cn1.CCOc1ccc(C2=NCc3ccc([N+](=O)[O-])cc32)cn1. The first-order chi connectivity index (χ1) is 19.5. The number of nitrogens with zero attached hydrogens (tertiary/aromatic N) is 5. The van der Waals surface area contributed by atoms with Crippen LogP contribution in [0.5, 0.6) is 11.8 Å². The topological polar surface area (TPSA) is 138 Å². The second kappa shape index (κ2) is 11.7. The summed E-state index contributed by atoms with van der Waals surface area (Å²) in [5, 5.41) is 10.9. The third-order valence-electron chi connectivity index (χ3n) is 6.37. The van der Waals surface area contributed by atoms with Gasteiger partial charge in [0.25, 0.3) is 5.69 Å². The van der Waals surface area contributed by atoms with E-state index in [1.807, 2.05) is 50.2 Å². The van der Waals surface area contributed by atoms with E-state index in [1.54, 1.807) is 30.6 Å². The summed E-state index contributed by atoms with van der Waals surface area (Å²) in [6.07, 6.45) is 3.47. The zero-order valence-electron chi connectivity index (χ0n) is 22.2. The first-order valence-electron chi connectivity index (χ1n) is 12.9. The second-order valence-electron chi connectivity index (χ2n) is 8.98. The molecule has 4 heterocycles. The van der Waals surface area contributed by atoms with Gasteiger partial charge in [-0.2, -0.15) is 0 Å². The molecule has 0 atom stereocenters. The molecule has 4 aromatic rings. The lowest BCUT2D eigenvalue weighted by Gasteiger charge is -2.06. The Labute approximate surface area is 231 Å². The third kappa shape index (κ3) is 5.65. The van der Waals surface area contributed by atoms with Crippen LogP contribution in [0.15, 0.2) is 83.0 Å². The number of nitrogens with two attached hydrogens (primary N) is 1. The van der Waals surface area contributed by atoms with E-state index in [9.17, 15) is 10.1 Å². The van der Waals surface area contributed by atoms with Crippen LogP contribution >= 0.6 is 0 Å². The Bertz CT molecular complexity index is 1600. The van der Waals surface area contributed by atoms with Crippen LogP contribution in [0.4, 0.5) is 11.4 Å². The molecule has 2 aliphatic rings. The van der Waals surface area contributed by atoms with E-state index >= 15 is 0 Å². The lowest BCUT2D eigenvalue weighted by molar-refractivity contribution is -0.384. The second-order valence-corrected chi connectivity index (χ2v) is 8.98. The molecule has 2 N–H and O–H groups in total. The minimum atomic E-state index is -0.396. The predicted molar refractivity (Wildman–Crippen MR) is 153 cm³/mol. The van der Waals surface area contributed by atoms with Gasteiger partial charge in [0.1, 0.15) is 0 Å². The molecule has 202 valence electrons. The molecular weight excluding hydrogens is 508 g/mol. The van der Waals surface area contributed by atoms with Crippen molar-refractivity contribution >= 4 is 22.8 Å². The summed E-state index contributed by atoms with van der Waals surface area (Å²) >= 11 is 0. The van der Waals surface area contributed by atoms with Crippen LogP contribution in [0.1, 0.15) is 47.2 Å². The number of aromatic nitrogens is 2. The number of hydrogen-bond donors (Lipinski definition) is 1. The van der Waals surface area contributed by atoms with Crippen LogP contribution in [0.25, 0.3) is 0 Å². The maximum absolute atomic E-state index is 10.9. The molecule has 0 saturated heterocycles. The van der Waals surface area contributed by atoms with Crippen LogP contribution in [0, 0.1) is 10.1 Å². The minimum absolute atomic E-state index is 0.0715. The number of hydrogen-bond acceptors (Lipinski definition) is 9. The highest BCUT2D eigenvalue weighted by molar-refractivity contribution is 6.16. The van der Waals surface area contributed by atoms with Crippen molar-refractivity contribution in [2.24, 2.45) is 9.98 Å². The van der Waals surface area contributed by atoms with Gasteiger partial charge in [0.2, 0.25) is 11.8 Å². The van der Waals surface area contributed by atoms with Crippen molar-refractivity contribution in [3.63, 3.8) is 0 Å². The molecule has 0 fully saturated rings. The van der Waals surface area contributed by atoms with Gasteiger partial charge in [-0.15, -0.1) is 0 Å². The molecule has 0 amide bonds. The van der Waals surface area contributed by atoms with Gasteiger partial charge in [0.15, 0.2) is 0 Å². The molecule has 2 aromatic heterocycles. The maximum atomic E-state index is 10.9. The van der Waals surface area contributed by atoms with Crippen LogP contribution in [0.3, 0.4) is 0 Å². The number of aliphatic imine (C=N–C) groups is 2. The number of nitro groups is 1. The first kappa shape index (κ1) is 26.5. The lowest BCUT2D eigenvalue weighted by atomic mass is 10.0. The van der Waals surface area contributed by atoms with E-state index in [4.69, 9.17) is 15.2 Å². The van der Waals surface area contributed by atoms with E-state index in [-0.39, 0.29) is 5.69 Å². The average molecular weight is 537 g/mol. The monoisotopic (exact) mass is 536 g/mol. The van der Waals surface area contributed by atoms with Gasteiger partial charge in [-0.1, -0.05) is 6.07 Å². The van der Waals surface area contributed by atoms with Crippen LogP contribution in [-0.2, 0) is 13.1 Å². The molecule has 6 rings (SSSR count). The Kier molecular flexibility index (Phi) is 7.77. The van der Waals surface area contributed by atoms with E-state index in [1.165, 1.54) is 11.6 Å². The number of non-ortho nitro benzene ring substituents is 1. The van der Waals surface area contributed by atoms with Gasteiger partial charge >= 0.3 is 0 Å². The average Bonchev–Trinajstić information content (AvgIpc) is 3.58. The predicted octanol–water partition coefficient (Wildman–Crippen LogP) is 5.15. The fraction of sp³-hybridized carbons (Fsp3) is 0.200. The number of anilines is 1. The Hall–Kier alpha value is -5.12. The molecular formula is C30H28N6O4. The molecule has 2 aromatic carbocycles. The number of ether oxygens (including phenoxy) is 2. The number of nitro benzene ring substituents is 1. The van der Waals surface area contributed by atoms with Crippen molar-refractivity contribution in [2.45, 2.75) is 26.9 Å². The maximum Gasteiger partial charge on any atom is 0.270 e. The zero-order valence-corrected chi connectivity index (χ0v) is 22.2. The molecule has 2 aliphatic heterocycles. The highest BCUT2D eigenvalue weighted by Crippen LogP contribution is 2.28. The number of pyridine rings is 2.